The van der Waals surface area contributed by atoms with Crippen LogP contribution in [0.3, 0.4) is 0 Å². The van der Waals surface area contributed by atoms with Gasteiger partial charge in [-0.3, -0.25) is 9.59 Å². The molecule has 1 aliphatic carbocycles. The molecule has 1 saturated carbocycles. The van der Waals surface area contributed by atoms with Crippen LogP contribution in [0.2, 0.25) is 0 Å². The van der Waals surface area contributed by atoms with E-state index >= 15 is 0 Å². The van der Waals surface area contributed by atoms with E-state index in [2.05, 4.69) is 15.3 Å². The fourth-order valence-electron chi connectivity index (χ4n) is 2.16. The van der Waals surface area contributed by atoms with Gasteiger partial charge in [-0.15, -0.1) is 0 Å². The highest BCUT2D eigenvalue weighted by Crippen LogP contribution is 2.17. The lowest BCUT2D eigenvalue weighted by atomic mass is 10.2. The first-order valence-corrected chi connectivity index (χ1v) is 7.48. The van der Waals surface area contributed by atoms with Crippen LogP contribution in [-0.2, 0) is 5.75 Å². The van der Waals surface area contributed by atoms with Crippen LogP contribution in [0.15, 0.2) is 10.9 Å². The molecular formula is C12H17N3O2S. The average Bonchev–Trinajstić information content (AvgIpc) is 2.81. The molecule has 98 valence electrons. The Bertz CT molecular complexity index is 480. The lowest BCUT2D eigenvalue weighted by Gasteiger charge is -2.11. The predicted octanol–water partition coefficient (Wildman–Crippen LogP) is 1.31. The Hall–Kier alpha value is -1.30. The summed E-state index contributed by atoms with van der Waals surface area (Å²) in [5, 5.41) is 2.93. The molecule has 1 aromatic rings. The maximum Gasteiger partial charge on any atom is 0.270 e. The zero-order valence-electron chi connectivity index (χ0n) is 10.4. The van der Waals surface area contributed by atoms with E-state index < -0.39 is 0 Å². The van der Waals surface area contributed by atoms with Crippen LogP contribution >= 0.6 is 11.8 Å². The first-order valence-electron chi connectivity index (χ1n) is 6.09. The van der Waals surface area contributed by atoms with E-state index in [9.17, 15) is 9.59 Å². The van der Waals surface area contributed by atoms with E-state index in [-0.39, 0.29) is 23.2 Å². The highest BCUT2D eigenvalue weighted by atomic mass is 32.2. The molecule has 0 unspecified atom stereocenters. The first kappa shape index (κ1) is 13.1. The number of aromatic nitrogens is 2. The highest BCUT2D eigenvalue weighted by molar-refractivity contribution is 7.97. The molecule has 0 radical (unpaired) electrons. The summed E-state index contributed by atoms with van der Waals surface area (Å²) in [6.07, 6.45) is 6.28. The van der Waals surface area contributed by atoms with Gasteiger partial charge in [-0.25, -0.2) is 4.98 Å². The van der Waals surface area contributed by atoms with Gasteiger partial charge >= 0.3 is 0 Å². The lowest BCUT2D eigenvalue weighted by Crippen LogP contribution is -2.34. The summed E-state index contributed by atoms with van der Waals surface area (Å²) < 4.78 is 0. The summed E-state index contributed by atoms with van der Waals surface area (Å²) in [5.41, 5.74) is -0.0553. The van der Waals surface area contributed by atoms with E-state index in [1.807, 2.05) is 6.26 Å². The summed E-state index contributed by atoms with van der Waals surface area (Å²) in [4.78, 5) is 30.2. The molecule has 5 nitrogen and oxygen atoms in total. The molecular weight excluding hydrogens is 250 g/mol. The van der Waals surface area contributed by atoms with Gasteiger partial charge in [0.2, 0.25) is 0 Å². The van der Waals surface area contributed by atoms with E-state index in [4.69, 9.17) is 0 Å². The number of nitrogens with one attached hydrogen (secondary N) is 2. The van der Waals surface area contributed by atoms with Crippen LogP contribution in [-0.4, -0.2) is 28.2 Å². The Morgan fingerprint density at radius 3 is 2.94 bits per heavy atom. The minimum absolute atomic E-state index is 0.217. The van der Waals surface area contributed by atoms with E-state index in [1.54, 1.807) is 11.8 Å². The zero-order chi connectivity index (χ0) is 13.0. The summed E-state index contributed by atoms with van der Waals surface area (Å²) >= 11 is 1.55. The molecule has 2 rings (SSSR count). The number of nitrogens with zero attached hydrogens (tertiary/aromatic N) is 1. The summed E-state index contributed by atoms with van der Waals surface area (Å²) in [6, 6.07) is 1.50. The number of amides is 1. The fourth-order valence-corrected chi connectivity index (χ4v) is 2.57. The van der Waals surface area contributed by atoms with Crippen molar-refractivity contribution in [1.29, 1.82) is 0 Å². The SMILES string of the molecule is CSCc1nc(C(=O)NC2CCCC2)cc(=O)[nH]1. The van der Waals surface area contributed by atoms with Gasteiger partial charge in [-0.05, 0) is 19.1 Å². The number of aromatic amines is 1. The zero-order valence-corrected chi connectivity index (χ0v) is 11.2. The standard InChI is InChI=1S/C12H17N3O2S/c1-18-7-10-14-9(6-11(16)15-10)12(17)13-8-4-2-3-5-8/h6,8H,2-5,7H2,1H3,(H,13,17)(H,14,15,16). The van der Waals surface area contributed by atoms with Gasteiger partial charge in [0.15, 0.2) is 0 Å². The second-order valence-corrected chi connectivity index (χ2v) is 5.33. The molecule has 2 N–H and O–H groups in total. The molecule has 0 aromatic carbocycles. The van der Waals surface area contributed by atoms with Crippen molar-refractivity contribution in [2.45, 2.75) is 37.5 Å². The molecule has 6 heteroatoms. The van der Waals surface area contributed by atoms with Crippen LogP contribution in [0.4, 0.5) is 0 Å². The number of thioether (sulfide) groups is 1. The number of carbonyl (C=O) groups excluding carboxylic acids is 1. The molecule has 18 heavy (non-hydrogen) atoms. The van der Waals surface area contributed by atoms with Gasteiger partial charge < -0.3 is 10.3 Å². The second kappa shape index (κ2) is 6.04. The Labute approximate surface area is 110 Å². The van der Waals surface area contributed by atoms with Crippen molar-refractivity contribution < 1.29 is 4.79 Å². The minimum atomic E-state index is -0.273. The molecule has 1 fully saturated rings. The highest BCUT2D eigenvalue weighted by Gasteiger charge is 2.19. The van der Waals surface area contributed by atoms with Crippen molar-refractivity contribution in [3.63, 3.8) is 0 Å². The van der Waals surface area contributed by atoms with E-state index in [0.29, 0.717) is 11.6 Å². The maximum absolute atomic E-state index is 12.0. The predicted molar refractivity (Wildman–Crippen MR) is 71.8 cm³/mol. The van der Waals surface area contributed by atoms with Crippen molar-refractivity contribution >= 4 is 17.7 Å². The smallest absolute Gasteiger partial charge is 0.270 e. The van der Waals surface area contributed by atoms with Crippen LogP contribution in [0, 0.1) is 0 Å². The van der Waals surface area contributed by atoms with E-state index in [0.717, 1.165) is 25.7 Å². The maximum atomic E-state index is 12.0. The van der Waals surface area contributed by atoms with Gasteiger partial charge in [0, 0.05) is 12.1 Å². The minimum Gasteiger partial charge on any atom is -0.348 e. The third kappa shape index (κ3) is 3.35. The first-order chi connectivity index (χ1) is 8.69. The molecule has 1 aliphatic rings. The molecule has 0 spiro atoms. The van der Waals surface area contributed by atoms with Crippen LogP contribution in [0.25, 0.3) is 0 Å². The Kier molecular flexibility index (Phi) is 4.41. The average molecular weight is 267 g/mol. The van der Waals surface area contributed by atoms with Gasteiger partial charge in [-0.1, -0.05) is 12.8 Å². The van der Waals surface area contributed by atoms with Crippen LogP contribution in [0.5, 0.6) is 0 Å². The Morgan fingerprint density at radius 1 is 1.56 bits per heavy atom. The van der Waals surface area contributed by atoms with Crippen LogP contribution < -0.4 is 10.9 Å². The van der Waals surface area contributed by atoms with Gasteiger partial charge in [0.05, 0.1) is 5.75 Å². The van der Waals surface area contributed by atoms with Gasteiger partial charge in [0.1, 0.15) is 11.5 Å². The van der Waals surface area contributed by atoms with Gasteiger partial charge in [0.25, 0.3) is 11.5 Å². The topological polar surface area (TPSA) is 74.8 Å². The van der Waals surface area contributed by atoms with Crippen molar-refractivity contribution in [1.82, 2.24) is 15.3 Å². The number of hydrogen-bond donors (Lipinski definition) is 2. The molecule has 1 amide bonds. The molecule has 0 saturated heterocycles. The molecule has 0 atom stereocenters. The second-order valence-electron chi connectivity index (χ2n) is 4.47. The van der Waals surface area contributed by atoms with Crippen LogP contribution in [0.1, 0.15) is 42.0 Å². The van der Waals surface area contributed by atoms with Crippen molar-refractivity contribution in [2.24, 2.45) is 0 Å². The largest absolute Gasteiger partial charge is 0.348 e. The molecule has 0 aliphatic heterocycles. The third-order valence-corrected chi connectivity index (χ3v) is 3.56. The Morgan fingerprint density at radius 2 is 2.28 bits per heavy atom. The van der Waals surface area contributed by atoms with Crippen molar-refractivity contribution in [3.8, 4) is 0 Å². The number of H-pyrrole nitrogens is 1. The third-order valence-electron chi connectivity index (χ3n) is 2.99. The summed E-state index contributed by atoms with van der Waals surface area (Å²) in [6.45, 7) is 0. The lowest BCUT2D eigenvalue weighted by molar-refractivity contribution is 0.0932. The van der Waals surface area contributed by atoms with E-state index in [1.165, 1.54) is 6.07 Å². The summed E-state index contributed by atoms with van der Waals surface area (Å²) in [7, 11) is 0. The molecule has 1 heterocycles. The Balaban J connectivity index is 2.10. The van der Waals surface area contributed by atoms with Crippen molar-refractivity contribution in [2.75, 3.05) is 6.26 Å². The number of hydrogen-bond acceptors (Lipinski definition) is 4. The fraction of sp³-hybridized carbons (Fsp3) is 0.583. The molecule has 1 aromatic heterocycles. The summed E-state index contributed by atoms with van der Waals surface area (Å²) in [5.74, 6) is 0.904. The normalized spacial score (nSPS) is 15.8. The number of carbonyl (C=O) groups is 1. The quantitative estimate of drug-likeness (QED) is 0.862. The van der Waals surface area contributed by atoms with Crippen molar-refractivity contribution in [3.05, 3.63) is 27.9 Å². The number of rotatable bonds is 4. The molecule has 0 bridgehead atoms. The monoisotopic (exact) mass is 267 g/mol. The van der Waals surface area contributed by atoms with Gasteiger partial charge in [-0.2, -0.15) is 11.8 Å².